The Hall–Kier alpha value is -0.570. The molecule has 1 aliphatic heterocycles. The van der Waals surface area contributed by atoms with Crippen molar-refractivity contribution in [3.05, 3.63) is 22.2 Å². The molecule has 136 valence electrons. The first kappa shape index (κ1) is 19.8. The Morgan fingerprint density at radius 1 is 1.42 bits per heavy atom. The number of nitrogens with one attached hydrogen (secondary N) is 1. The van der Waals surface area contributed by atoms with E-state index in [2.05, 4.69) is 9.62 Å². The number of rotatable bonds is 7. The van der Waals surface area contributed by atoms with Gasteiger partial charge in [0, 0.05) is 26.2 Å². The number of nitrogens with zero attached hydrogens (tertiary/aromatic N) is 1. The summed E-state index contributed by atoms with van der Waals surface area (Å²) in [5, 5.41) is 9.55. The van der Waals surface area contributed by atoms with Crippen molar-refractivity contribution >= 4 is 33.2 Å². The smallest absolute Gasteiger partial charge is 0.244 e. The van der Waals surface area contributed by atoms with Crippen LogP contribution in [0.3, 0.4) is 0 Å². The summed E-state index contributed by atoms with van der Waals surface area (Å²) in [5.74, 6) is 0.306. The zero-order valence-corrected chi connectivity index (χ0v) is 15.8. The van der Waals surface area contributed by atoms with Gasteiger partial charge in [-0.25, -0.2) is 13.1 Å². The van der Waals surface area contributed by atoms with Crippen LogP contribution in [0, 0.1) is 5.92 Å². The maximum absolute atomic E-state index is 12.5. The maximum Gasteiger partial charge on any atom is 0.244 e. The van der Waals surface area contributed by atoms with Crippen molar-refractivity contribution in [2.75, 3.05) is 39.9 Å². The molecule has 0 aromatic heterocycles. The number of likely N-dealkylation sites (tertiary alicyclic amines) is 1. The van der Waals surface area contributed by atoms with Gasteiger partial charge in [0.25, 0.3) is 0 Å². The van der Waals surface area contributed by atoms with Crippen molar-refractivity contribution in [2.45, 2.75) is 17.7 Å². The number of halogens is 2. The summed E-state index contributed by atoms with van der Waals surface area (Å²) in [6, 6.07) is 2.80. The minimum atomic E-state index is -3.76. The first-order chi connectivity index (χ1) is 11.4. The second-order valence-corrected chi connectivity index (χ2v) is 8.30. The van der Waals surface area contributed by atoms with Crippen LogP contribution in [-0.2, 0) is 10.0 Å². The molecule has 0 unspecified atom stereocenters. The molecule has 9 heteroatoms. The first-order valence-corrected chi connectivity index (χ1v) is 9.97. The van der Waals surface area contributed by atoms with E-state index >= 15 is 0 Å². The molecule has 0 bridgehead atoms. The van der Waals surface area contributed by atoms with Crippen LogP contribution >= 0.6 is 23.2 Å². The van der Waals surface area contributed by atoms with E-state index in [1.807, 2.05) is 0 Å². The van der Waals surface area contributed by atoms with Crippen molar-refractivity contribution in [3.8, 4) is 5.75 Å². The largest absolute Gasteiger partial charge is 0.494 e. The molecule has 1 fully saturated rings. The number of hydrogen-bond acceptors (Lipinski definition) is 5. The molecular weight excluding hydrogens is 375 g/mol. The molecule has 0 radical (unpaired) electrons. The normalized spacial score (nSPS) is 19.4. The summed E-state index contributed by atoms with van der Waals surface area (Å²) in [4.78, 5) is 2.12. The molecule has 2 N–H and O–H groups in total. The second-order valence-electron chi connectivity index (χ2n) is 5.78. The lowest BCUT2D eigenvalue weighted by Crippen LogP contribution is -2.41. The standard InChI is InChI=1S/C15H22Cl2N2O4S/c1-23-15-13(5-4-12(16)14(15)17)24(21,22)18-6-8-19-7-2-3-11(9-19)10-20/h4-5,11,18,20H,2-3,6-10H2,1H3/t11-/m0/s1. The molecule has 0 spiro atoms. The Labute approximate surface area is 152 Å². The van der Waals surface area contributed by atoms with Gasteiger partial charge in [-0.2, -0.15) is 0 Å². The number of ether oxygens (including phenoxy) is 1. The zero-order chi connectivity index (χ0) is 17.7. The number of benzene rings is 1. The zero-order valence-electron chi connectivity index (χ0n) is 13.5. The quantitative estimate of drug-likeness (QED) is 0.736. The third-order valence-electron chi connectivity index (χ3n) is 4.09. The van der Waals surface area contributed by atoms with Gasteiger partial charge >= 0.3 is 0 Å². The lowest BCUT2D eigenvalue weighted by Gasteiger charge is -2.31. The maximum atomic E-state index is 12.5. The Balaban J connectivity index is 2.00. The van der Waals surface area contributed by atoms with Crippen molar-refractivity contribution in [1.82, 2.24) is 9.62 Å². The van der Waals surface area contributed by atoms with E-state index < -0.39 is 10.0 Å². The van der Waals surface area contributed by atoms with Gasteiger partial charge in [0.1, 0.15) is 9.92 Å². The van der Waals surface area contributed by atoms with E-state index in [1.165, 1.54) is 19.2 Å². The van der Waals surface area contributed by atoms with E-state index in [1.54, 1.807) is 0 Å². The third-order valence-corrected chi connectivity index (χ3v) is 6.36. The van der Waals surface area contributed by atoms with Crippen molar-refractivity contribution in [3.63, 3.8) is 0 Å². The average Bonchev–Trinajstić information content (AvgIpc) is 2.57. The lowest BCUT2D eigenvalue weighted by atomic mass is 9.99. The van der Waals surface area contributed by atoms with Crippen LogP contribution in [0.4, 0.5) is 0 Å². The molecule has 0 saturated carbocycles. The highest BCUT2D eigenvalue weighted by Gasteiger charge is 2.24. The van der Waals surface area contributed by atoms with Crippen LogP contribution in [0.15, 0.2) is 17.0 Å². The van der Waals surface area contributed by atoms with Gasteiger partial charge in [0.2, 0.25) is 10.0 Å². The molecule has 2 rings (SSSR count). The van der Waals surface area contributed by atoms with Crippen molar-refractivity contribution in [2.24, 2.45) is 5.92 Å². The molecule has 6 nitrogen and oxygen atoms in total. The summed E-state index contributed by atoms with van der Waals surface area (Å²) >= 11 is 11.9. The second kappa shape index (κ2) is 8.69. The predicted octanol–water partition coefficient (Wildman–Crippen LogP) is 1.98. The number of hydrogen-bond donors (Lipinski definition) is 2. The summed E-state index contributed by atoms with van der Waals surface area (Å²) in [7, 11) is -2.41. The van der Waals surface area contributed by atoms with Crippen molar-refractivity contribution in [1.29, 1.82) is 0 Å². The van der Waals surface area contributed by atoms with Gasteiger partial charge < -0.3 is 14.7 Å². The molecule has 1 aromatic rings. The van der Waals surface area contributed by atoms with Gasteiger partial charge in [0.15, 0.2) is 5.75 Å². The molecule has 1 aromatic carbocycles. The number of aliphatic hydroxyl groups is 1. The van der Waals surface area contributed by atoms with Gasteiger partial charge in [-0.3, -0.25) is 0 Å². The Morgan fingerprint density at radius 2 is 2.17 bits per heavy atom. The molecule has 0 aliphatic carbocycles. The number of piperidine rings is 1. The molecule has 0 amide bonds. The summed E-state index contributed by atoms with van der Waals surface area (Å²) in [5.41, 5.74) is 0. The highest BCUT2D eigenvalue weighted by atomic mass is 35.5. The molecule has 1 saturated heterocycles. The number of aliphatic hydroxyl groups excluding tert-OH is 1. The topological polar surface area (TPSA) is 78.9 Å². The van der Waals surface area contributed by atoms with Crippen LogP contribution in [0.25, 0.3) is 0 Å². The summed E-state index contributed by atoms with van der Waals surface area (Å²) < 4.78 is 32.6. The minimum absolute atomic E-state index is 0.0359. The van der Waals surface area contributed by atoms with E-state index in [0.717, 1.165) is 25.9 Å². The van der Waals surface area contributed by atoms with Gasteiger partial charge in [-0.05, 0) is 37.4 Å². The Kier molecular flexibility index (Phi) is 7.15. The van der Waals surface area contributed by atoms with Crippen LogP contribution in [0.5, 0.6) is 5.75 Å². The minimum Gasteiger partial charge on any atom is -0.494 e. The van der Waals surface area contributed by atoms with E-state index in [4.69, 9.17) is 27.9 Å². The molecule has 1 heterocycles. The third kappa shape index (κ3) is 4.74. The molecule has 24 heavy (non-hydrogen) atoms. The predicted molar refractivity (Wildman–Crippen MR) is 94.5 cm³/mol. The lowest BCUT2D eigenvalue weighted by molar-refractivity contribution is 0.122. The van der Waals surface area contributed by atoms with Gasteiger partial charge in [-0.15, -0.1) is 0 Å². The van der Waals surface area contributed by atoms with Crippen molar-refractivity contribution < 1.29 is 18.3 Å². The van der Waals surface area contributed by atoms with Crippen LogP contribution in [0.2, 0.25) is 10.0 Å². The highest BCUT2D eigenvalue weighted by molar-refractivity contribution is 7.89. The molecule has 1 atom stereocenters. The summed E-state index contributed by atoms with van der Waals surface area (Å²) in [6.45, 7) is 2.72. The van der Waals surface area contributed by atoms with E-state index in [-0.39, 0.29) is 39.8 Å². The first-order valence-electron chi connectivity index (χ1n) is 7.74. The summed E-state index contributed by atoms with van der Waals surface area (Å²) in [6.07, 6.45) is 2.03. The van der Waals surface area contributed by atoms with Gasteiger partial charge in [-0.1, -0.05) is 23.2 Å². The van der Waals surface area contributed by atoms with E-state index in [0.29, 0.717) is 6.54 Å². The average molecular weight is 397 g/mol. The number of sulfonamides is 1. The fraction of sp³-hybridized carbons (Fsp3) is 0.600. The van der Waals surface area contributed by atoms with Gasteiger partial charge in [0.05, 0.1) is 12.1 Å². The van der Waals surface area contributed by atoms with Crippen LogP contribution < -0.4 is 9.46 Å². The van der Waals surface area contributed by atoms with Crippen LogP contribution in [0.1, 0.15) is 12.8 Å². The number of methoxy groups -OCH3 is 1. The molecule has 1 aliphatic rings. The van der Waals surface area contributed by atoms with E-state index in [9.17, 15) is 13.5 Å². The Bertz CT molecular complexity index is 670. The monoisotopic (exact) mass is 396 g/mol. The fourth-order valence-electron chi connectivity index (χ4n) is 2.84. The van der Waals surface area contributed by atoms with Crippen LogP contribution in [-0.4, -0.2) is 58.3 Å². The Morgan fingerprint density at radius 3 is 2.83 bits per heavy atom. The fourth-order valence-corrected chi connectivity index (χ4v) is 4.47. The highest BCUT2D eigenvalue weighted by Crippen LogP contribution is 2.37. The SMILES string of the molecule is COc1c(S(=O)(=O)NCCN2CCC[C@H](CO)C2)ccc(Cl)c1Cl. The molecular formula is C15H22Cl2N2O4S.